The van der Waals surface area contributed by atoms with Crippen LogP contribution in [0.5, 0.6) is 0 Å². The van der Waals surface area contributed by atoms with Crippen LogP contribution in [0.3, 0.4) is 0 Å². The van der Waals surface area contributed by atoms with Gasteiger partial charge < -0.3 is 26.0 Å². The smallest absolute Gasteiger partial charge is 0.251 e. The number of rotatable bonds is 12. The summed E-state index contributed by atoms with van der Waals surface area (Å²) in [5.74, 6) is -0.527. The molecule has 0 radical (unpaired) electrons. The Morgan fingerprint density at radius 1 is 0.875 bits per heavy atom. The molecule has 0 unspecified atom stereocenters. The standard InChI is InChI=1S/C38H42ClN7O2.C6H13NO/c1-3-35-32(20-33-24-43-46(4-2)36(33)44-35)23-42-38(48)30-11-6-10-29(19-30)37(47)41-22-27-17-31(21-34(39)18-27)28-9-5-8-26(16-28)25-45-14-7-12-40-13-15-45;1-7-6-2-4-8-5-3-6/h5-6,8-11,16-21,24,40H,3-4,7,12-15,22-23,25H2,1-2H3,(H,41,47)(H,42,48);6-7H,2-5H2,1H3. The fraction of sp³-hybridized carbons (Fsp3) is 0.409. The Bertz CT molecular complexity index is 2070. The third-order valence-electron chi connectivity index (χ3n) is 10.4. The molecule has 56 heavy (non-hydrogen) atoms. The van der Waals surface area contributed by atoms with E-state index in [1.54, 1.807) is 30.5 Å². The first kappa shape index (κ1) is 41.0. The summed E-state index contributed by atoms with van der Waals surface area (Å²) in [6, 6.07) is 24.0. The van der Waals surface area contributed by atoms with E-state index in [1.807, 2.05) is 43.8 Å². The van der Waals surface area contributed by atoms with E-state index in [2.05, 4.69) is 61.6 Å². The van der Waals surface area contributed by atoms with E-state index < -0.39 is 0 Å². The molecule has 7 rings (SSSR count). The summed E-state index contributed by atoms with van der Waals surface area (Å²) in [5.41, 5.74) is 7.80. The van der Waals surface area contributed by atoms with Crippen molar-refractivity contribution in [1.82, 2.24) is 40.9 Å². The fourth-order valence-electron chi connectivity index (χ4n) is 7.21. The number of hydrogen-bond acceptors (Lipinski definition) is 8. The minimum atomic E-state index is -0.268. The highest BCUT2D eigenvalue weighted by atomic mass is 35.5. The van der Waals surface area contributed by atoms with Crippen molar-refractivity contribution in [2.24, 2.45) is 0 Å². The van der Waals surface area contributed by atoms with E-state index in [9.17, 15) is 9.59 Å². The van der Waals surface area contributed by atoms with Crippen LogP contribution in [0.1, 0.15) is 76.2 Å². The van der Waals surface area contributed by atoms with Gasteiger partial charge in [0, 0.05) is 85.8 Å². The van der Waals surface area contributed by atoms with Gasteiger partial charge in [-0.1, -0.05) is 42.8 Å². The van der Waals surface area contributed by atoms with Crippen LogP contribution in [0, 0.1) is 0 Å². The van der Waals surface area contributed by atoms with Gasteiger partial charge in [0.25, 0.3) is 11.8 Å². The van der Waals surface area contributed by atoms with Gasteiger partial charge >= 0.3 is 0 Å². The van der Waals surface area contributed by atoms with E-state index in [4.69, 9.17) is 21.3 Å². The Hall–Kier alpha value is -4.65. The van der Waals surface area contributed by atoms with Crippen LogP contribution in [0.15, 0.2) is 79.0 Å². The van der Waals surface area contributed by atoms with Crippen molar-refractivity contribution in [1.29, 1.82) is 0 Å². The third-order valence-corrected chi connectivity index (χ3v) is 10.6. The average Bonchev–Trinajstić information content (AvgIpc) is 3.46. The molecule has 2 aromatic heterocycles. The number of aryl methyl sites for hydroxylation is 2. The number of nitrogens with one attached hydrogen (secondary N) is 4. The summed E-state index contributed by atoms with van der Waals surface area (Å²) in [4.78, 5) is 33.6. The average molecular weight is 779 g/mol. The number of ether oxygens (including phenoxy) is 1. The third kappa shape index (κ3) is 11.2. The number of amides is 2. The zero-order chi connectivity index (χ0) is 39.3. The first-order valence-electron chi connectivity index (χ1n) is 19.9. The quantitative estimate of drug-likeness (QED) is 0.115. The second-order valence-electron chi connectivity index (χ2n) is 14.4. The maximum atomic E-state index is 13.2. The zero-order valence-corrected chi connectivity index (χ0v) is 33.6. The van der Waals surface area contributed by atoms with Crippen LogP contribution < -0.4 is 21.3 Å². The van der Waals surface area contributed by atoms with Gasteiger partial charge in [-0.15, -0.1) is 0 Å². The summed E-state index contributed by atoms with van der Waals surface area (Å²) in [6.07, 6.45) is 6.05. The second-order valence-corrected chi connectivity index (χ2v) is 14.8. The number of carbonyl (C=O) groups is 2. The van der Waals surface area contributed by atoms with Crippen molar-refractivity contribution in [2.75, 3.05) is 46.4 Å². The Morgan fingerprint density at radius 3 is 2.36 bits per heavy atom. The summed E-state index contributed by atoms with van der Waals surface area (Å²) >= 11 is 6.55. The molecule has 4 heterocycles. The molecule has 0 saturated carbocycles. The molecule has 11 nitrogen and oxygen atoms in total. The highest BCUT2D eigenvalue weighted by Gasteiger charge is 2.15. The molecule has 3 aromatic carbocycles. The lowest BCUT2D eigenvalue weighted by atomic mass is 10.0. The van der Waals surface area contributed by atoms with Gasteiger partial charge in [0.1, 0.15) is 0 Å². The number of nitrogens with zero attached hydrogens (tertiary/aromatic N) is 4. The number of benzene rings is 3. The Balaban J connectivity index is 0.000000592. The molecule has 12 heteroatoms. The van der Waals surface area contributed by atoms with E-state index in [-0.39, 0.29) is 11.8 Å². The number of fused-ring (bicyclic) bond motifs is 1. The van der Waals surface area contributed by atoms with E-state index in [0.29, 0.717) is 35.3 Å². The van der Waals surface area contributed by atoms with Crippen LogP contribution >= 0.6 is 11.6 Å². The van der Waals surface area contributed by atoms with Gasteiger partial charge in [-0.2, -0.15) is 5.10 Å². The second kappa shape index (κ2) is 20.5. The number of hydrogen-bond donors (Lipinski definition) is 4. The normalized spacial score (nSPS) is 15.1. The van der Waals surface area contributed by atoms with Gasteiger partial charge in [0.2, 0.25) is 0 Å². The highest BCUT2D eigenvalue weighted by molar-refractivity contribution is 6.31. The molecule has 2 fully saturated rings. The number of halogens is 1. The fourth-order valence-corrected chi connectivity index (χ4v) is 7.47. The molecule has 296 valence electrons. The maximum absolute atomic E-state index is 13.2. The molecule has 2 amide bonds. The molecule has 0 bridgehead atoms. The predicted octanol–water partition coefficient (Wildman–Crippen LogP) is 6.37. The molecular weight excluding hydrogens is 724 g/mol. The van der Waals surface area contributed by atoms with E-state index in [1.165, 1.54) is 18.4 Å². The highest BCUT2D eigenvalue weighted by Crippen LogP contribution is 2.27. The molecular formula is C44H55ClN8O3. The summed E-state index contributed by atoms with van der Waals surface area (Å²) in [6.45, 7) is 12.5. The van der Waals surface area contributed by atoms with E-state index >= 15 is 0 Å². The maximum Gasteiger partial charge on any atom is 0.251 e. The van der Waals surface area contributed by atoms with Crippen molar-refractivity contribution in [3.05, 3.63) is 118 Å². The van der Waals surface area contributed by atoms with Crippen molar-refractivity contribution in [3.8, 4) is 11.1 Å². The molecule has 4 N–H and O–H groups in total. The van der Waals surface area contributed by atoms with Gasteiger partial charge in [-0.25, -0.2) is 9.67 Å². The van der Waals surface area contributed by atoms with E-state index in [0.717, 1.165) is 104 Å². The van der Waals surface area contributed by atoms with Gasteiger partial charge in [0.05, 0.1) is 6.20 Å². The Kier molecular flexibility index (Phi) is 15.0. The lowest BCUT2D eigenvalue weighted by Gasteiger charge is -2.20. The minimum absolute atomic E-state index is 0.259. The Labute approximate surface area is 335 Å². The number of carbonyl (C=O) groups excluding carboxylic acids is 2. The van der Waals surface area contributed by atoms with Crippen molar-refractivity contribution < 1.29 is 14.3 Å². The topological polar surface area (TPSA) is 125 Å². The SMILES string of the molecule is CCc1nc2c(cnn2CC)cc1CNC(=O)c1cccc(C(=O)NCc2cc(Cl)cc(-c3cccc(CN4CCCNCC4)c3)c2)c1.CNC1CCOCC1. The van der Waals surface area contributed by atoms with Crippen molar-refractivity contribution in [2.45, 2.75) is 71.8 Å². The monoisotopic (exact) mass is 778 g/mol. The molecule has 0 atom stereocenters. The van der Waals surface area contributed by atoms with Gasteiger partial charge in [0.15, 0.2) is 5.65 Å². The summed E-state index contributed by atoms with van der Waals surface area (Å²) in [7, 11) is 2.01. The molecule has 2 aliphatic rings. The molecule has 0 aliphatic carbocycles. The minimum Gasteiger partial charge on any atom is -0.381 e. The van der Waals surface area contributed by atoms with Crippen molar-refractivity contribution >= 4 is 34.4 Å². The largest absolute Gasteiger partial charge is 0.381 e. The lowest BCUT2D eigenvalue weighted by Crippen LogP contribution is -2.31. The van der Waals surface area contributed by atoms with Crippen LogP contribution in [0.25, 0.3) is 22.2 Å². The zero-order valence-electron chi connectivity index (χ0n) is 32.9. The van der Waals surface area contributed by atoms with Crippen molar-refractivity contribution in [3.63, 3.8) is 0 Å². The summed E-state index contributed by atoms with van der Waals surface area (Å²) in [5, 5.41) is 18.6. The molecule has 2 aliphatic heterocycles. The van der Waals surface area contributed by atoms with Gasteiger partial charge in [-0.3, -0.25) is 14.5 Å². The van der Waals surface area contributed by atoms with Gasteiger partial charge in [-0.05, 0) is 129 Å². The lowest BCUT2D eigenvalue weighted by molar-refractivity contribution is 0.0799. The first-order chi connectivity index (χ1) is 27.3. The Morgan fingerprint density at radius 2 is 1.62 bits per heavy atom. The summed E-state index contributed by atoms with van der Waals surface area (Å²) < 4.78 is 7.03. The van der Waals surface area contributed by atoms with Crippen LogP contribution in [0.4, 0.5) is 0 Å². The van der Waals surface area contributed by atoms with Crippen LogP contribution in [-0.4, -0.2) is 84.0 Å². The van der Waals surface area contributed by atoms with Crippen LogP contribution in [0.2, 0.25) is 5.02 Å². The molecule has 5 aromatic rings. The molecule has 0 spiro atoms. The number of pyridine rings is 1. The number of aromatic nitrogens is 3. The van der Waals surface area contributed by atoms with Crippen LogP contribution in [-0.2, 0) is 37.3 Å². The predicted molar refractivity (Wildman–Crippen MR) is 224 cm³/mol. The first-order valence-corrected chi connectivity index (χ1v) is 20.3. The molecule has 2 saturated heterocycles.